The van der Waals surface area contributed by atoms with E-state index in [4.69, 9.17) is 5.73 Å². The number of anilines is 1. The van der Waals surface area contributed by atoms with Gasteiger partial charge in [0, 0.05) is 15.7 Å². The van der Waals surface area contributed by atoms with Crippen molar-refractivity contribution in [2.45, 2.75) is 0 Å². The molecule has 4 nitrogen and oxygen atoms in total. The number of H-pyrrole nitrogens is 1. The van der Waals surface area contributed by atoms with Gasteiger partial charge in [-0.3, -0.25) is 4.79 Å². The van der Waals surface area contributed by atoms with Crippen molar-refractivity contribution >= 4 is 32.7 Å². The van der Waals surface area contributed by atoms with Crippen molar-refractivity contribution in [2.24, 2.45) is 0 Å². The summed E-state index contributed by atoms with van der Waals surface area (Å²) in [6.07, 6.45) is 0. The van der Waals surface area contributed by atoms with E-state index in [0.29, 0.717) is 22.5 Å². The van der Waals surface area contributed by atoms with Gasteiger partial charge in [0.05, 0.1) is 11.0 Å². The highest BCUT2D eigenvalue weighted by molar-refractivity contribution is 9.10. The molecule has 0 aliphatic carbocycles. The Labute approximate surface area is 117 Å². The zero-order valence-electron chi connectivity index (χ0n) is 9.85. The average Bonchev–Trinajstić information content (AvgIpc) is 2.38. The van der Waals surface area contributed by atoms with Crippen LogP contribution in [0.25, 0.3) is 22.3 Å². The monoisotopic (exact) mass is 315 g/mol. The average molecular weight is 316 g/mol. The maximum absolute atomic E-state index is 12.1. The molecule has 94 valence electrons. The Bertz CT molecular complexity index is 826. The lowest BCUT2D eigenvalue weighted by Gasteiger charge is -2.06. The highest BCUT2D eigenvalue weighted by atomic mass is 79.9. The maximum atomic E-state index is 12.1. The van der Waals surface area contributed by atoms with Crippen molar-refractivity contribution in [3.05, 3.63) is 57.3 Å². The molecule has 0 radical (unpaired) electrons. The molecule has 0 unspecified atom stereocenters. The number of nitrogens with zero attached hydrogens (tertiary/aromatic N) is 1. The number of fused-ring (bicyclic) bond motifs is 1. The Hall–Kier alpha value is -2.14. The summed E-state index contributed by atoms with van der Waals surface area (Å²) in [5.74, 6) is 0. The van der Waals surface area contributed by atoms with Crippen molar-refractivity contribution in [1.82, 2.24) is 9.97 Å². The summed E-state index contributed by atoms with van der Waals surface area (Å²) in [6, 6.07) is 12.8. The van der Waals surface area contributed by atoms with Crippen LogP contribution in [0.1, 0.15) is 0 Å². The minimum absolute atomic E-state index is 0.243. The van der Waals surface area contributed by atoms with Gasteiger partial charge >= 0.3 is 0 Å². The number of nitrogens with two attached hydrogens (primary N) is 1. The molecule has 0 saturated carbocycles. The second kappa shape index (κ2) is 4.51. The summed E-state index contributed by atoms with van der Waals surface area (Å²) in [5.41, 5.74) is 8.64. The van der Waals surface area contributed by atoms with Gasteiger partial charge in [-0.25, -0.2) is 4.98 Å². The van der Waals surface area contributed by atoms with Gasteiger partial charge in [0.15, 0.2) is 0 Å². The Morgan fingerprint density at radius 3 is 2.74 bits per heavy atom. The molecule has 3 N–H and O–H groups in total. The van der Waals surface area contributed by atoms with Crippen molar-refractivity contribution in [3.63, 3.8) is 0 Å². The van der Waals surface area contributed by atoms with Crippen LogP contribution < -0.4 is 11.3 Å². The van der Waals surface area contributed by atoms with Gasteiger partial charge in [-0.05, 0) is 30.3 Å². The second-order valence-corrected chi connectivity index (χ2v) is 5.08. The molecule has 0 spiro atoms. The third-order valence-corrected chi connectivity index (χ3v) is 3.36. The summed E-state index contributed by atoms with van der Waals surface area (Å²) in [4.78, 5) is 19.3. The molecular formula is C14H10BrN3O. The fourth-order valence-electron chi connectivity index (χ4n) is 1.96. The molecule has 5 heteroatoms. The number of nitrogen functional groups attached to an aromatic ring is 1. The van der Waals surface area contributed by atoms with Crippen molar-refractivity contribution in [2.75, 3.05) is 5.73 Å². The van der Waals surface area contributed by atoms with Gasteiger partial charge in [-0.15, -0.1) is 0 Å². The van der Waals surface area contributed by atoms with Gasteiger partial charge < -0.3 is 10.7 Å². The van der Waals surface area contributed by atoms with E-state index in [-0.39, 0.29) is 5.56 Å². The van der Waals surface area contributed by atoms with Crippen LogP contribution in [0.4, 0.5) is 5.69 Å². The van der Waals surface area contributed by atoms with E-state index < -0.39 is 0 Å². The van der Waals surface area contributed by atoms with Crippen LogP contribution in [-0.4, -0.2) is 9.97 Å². The topological polar surface area (TPSA) is 71.8 Å². The van der Waals surface area contributed by atoms with E-state index in [1.54, 1.807) is 12.1 Å². The predicted molar refractivity (Wildman–Crippen MR) is 79.9 cm³/mol. The van der Waals surface area contributed by atoms with Crippen molar-refractivity contribution in [3.8, 4) is 11.3 Å². The minimum atomic E-state index is -0.243. The van der Waals surface area contributed by atoms with Gasteiger partial charge in [0.2, 0.25) is 0 Å². The molecule has 0 amide bonds. The van der Waals surface area contributed by atoms with Crippen molar-refractivity contribution < 1.29 is 0 Å². The molecule has 0 aliphatic heterocycles. The number of hydrogen-bond donors (Lipinski definition) is 2. The molecule has 19 heavy (non-hydrogen) atoms. The first-order chi connectivity index (χ1) is 9.15. The first-order valence-electron chi connectivity index (χ1n) is 5.69. The van der Waals surface area contributed by atoms with E-state index in [0.717, 1.165) is 9.99 Å². The summed E-state index contributed by atoms with van der Waals surface area (Å²) >= 11 is 3.34. The van der Waals surface area contributed by atoms with Gasteiger partial charge in [-0.1, -0.05) is 28.1 Å². The van der Waals surface area contributed by atoms with Crippen LogP contribution in [0, 0.1) is 0 Å². The quantitative estimate of drug-likeness (QED) is 0.678. The Kier molecular flexibility index (Phi) is 2.83. The Balaban J connectivity index is 2.30. The van der Waals surface area contributed by atoms with Crippen LogP contribution in [0.3, 0.4) is 0 Å². The van der Waals surface area contributed by atoms with Crippen LogP contribution in [0.2, 0.25) is 0 Å². The number of para-hydroxylation sites is 2. The largest absolute Gasteiger partial charge is 0.398 e. The fraction of sp³-hybridized carbons (Fsp3) is 0. The lowest BCUT2D eigenvalue weighted by molar-refractivity contribution is 1.22. The highest BCUT2D eigenvalue weighted by Crippen LogP contribution is 2.25. The lowest BCUT2D eigenvalue weighted by atomic mass is 10.1. The first-order valence-corrected chi connectivity index (χ1v) is 6.49. The standard InChI is InChI=1S/C14H10BrN3O/c15-8-5-6-9(10(16)7-8)13-14(19)18-12-4-2-1-3-11(12)17-13/h1-7H,16H2,(H,18,19). The van der Waals surface area contributed by atoms with E-state index in [2.05, 4.69) is 25.9 Å². The van der Waals surface area contributed by atoms with E-state index in [9.17, 15) is 4.79 Å². The molecule has 1 heterocycles. The number of halogens is 1. The molecule has 0 saturated heterocycles. The lowest BCUT2D eigenvalue weighted by Crippen LogP contribution is -2.12. The van der Waals surface area contributed by atoms with Crippen molar-refractivity contribution in [1.29, 1.82) is 0 Å². The molecule has 3 rings (SSSR count). The van der Waals surface area contributed by atoms with Gasteiger partial charge in [0.25, 0.3) is 5.56 Å². The van der Waals surface area contributed by atoms with Crippen LogP contribution in [-0.2, 0) is 0 Å². The van der Waals surface area contributed by atoms with E-state index in [1.807, 2.05) is 30.3 Å². The Morgan fingerprint density at radius 2 is 1.95 bits per heavy atom. The van der Waals surface area contributed by atoms with Crippen LogP contribution >= 0.6 is 15.9 Å². The van der Waals surface area contributed by atoms with Gasteiger partial charge in [-0.2, -0.15) is 0 Å². The van der Waals surface area contributed by atoms with E-state index >= 15 is 0 Å². The molecule has 2 aromatic carbocycles. The third-order valence-electron chi connectivity index (χ3n) is 2.87. The molecule has 0 bridgehead atoms. The number of hydrogen-bond acceptors (Lipinski definition) is 3. The fourth-order valence-corrected chi connectivity index (χ4v) is 2.34. The molecule has 0 fully saturated rings. The van der Waals surface area contributed by atoms with Gasteiger partial charge in [0.1, 0.15) is 5.69 Å². The molecule has 1 aromatic heterocycles. The third kappa shape index (κ3) is 2.13. The molecule has 0 atom stereocenters. The van der Waals surface area contributed by atoms with Crippen LogP contribution in [0.15, 0.2) is 51.7 Å². The number of benzene rings is 2. The Morgan fingerprint density at radius 1 is 1.16 bits per heavy atom. The summed E-state index contributed by atoms with van der Waals surface area (Å²) < 4.78 is 0.867. The highest BCUT2D eigenvalue weighted by Gasteiger charge is 2.10. The SMILES string of the molecule is Nc1cc(Br)ccc1-c1nc2ccccc2[nH]c1=O. The van der Waals surface area contributed by atoms with E-state index in [1.165, 1.54) is 0 Å². The summed E-state index contributed by atoms with van der Waals surface area (Å²) in [6.45, 7) is 0. The molecule has 3 aromatic rings. The first kappa shape index (κ1) is 11.9. The zero-order valence-corrected chi connectivity index (χ0v) is 11.4. The summed E-state index contributed by atoms with van der Waals surface area (Å²) in [7, 11) is 0. The molecule has 0 aliphatic rings. The number of nitrogens with one attached hydrogen (secondary N) is 1. The second-order valence-electron chi connectivity index (χ2n) is 4.16. The minimum Gasteiger partial charge on any atom is -0.398 e. The molecular weight excluding hydrogens is 306 g/mol. The summed E-state index contributed by atoms with van der Waals surface area (Å²) in [5, 5.41) is 0. The number of rotatable bonds is 1. The number of aromatic nitrogens is 2. The number of aromatic amines is 1. The normalized spacial score (nSPS) is 10.8. The predicted octanol–water partition coefficient (Wildman–Crippen LogP) is 2.93. The smallest absolute Gasteiger partial charge is 0.275 e. The maximum Gasteiger partial charge on any atom is 0.275 e. The van der Waals surface area contributed by atoms with Crippen LogP contribution in [0.5, 0.6) is 0 Å². The zero-order chi connectivity index (χ0) is 13.4.